The number of hydrogen-bond donors (Lipinski definition) is 3. The molecule has 1 aromatic heterocycles. The van der Waals surface area contributed by atoms with Crippen LogP contribution in [0.25, 0.3) is 0 Å². The summed E-state index contributed by atoms with van der Waals surface area (Å²) in [4.78, 5) is 33.9. The fraction of sp³-hybridized carbons (Fsp3) is 0.200. The number of nitrogens with one attached hydrogen (secondary N) is 1. The second-order valence-electron chi connectivity index (χ2n) is 3.12. The third-order valence-electron chi connectivity index (χ3n) is 1.57. The molecule has 7 nitrogen and oxygen atoms in total. The Morgan fingerprint density at radius 1 is 1.25 bits per heavy atom. The SMILES string of the molecule is O=C(O)C(F)(F)F.O=C(O)CNC(=O)c1cccnc1. The molecule has 1 amide bonds. The average Bonchev–Trinajstić information content (AvgIpc) is 2.36. The molecule has 0 radical (unpaired) electrons. The Morgan fingerprint density at radius 2 is 1.80 bits per heavy atom. The Hall–Kier alpha value is -2.65. The van der Waals surface area contributed by atoms with Crippen LogP contribution in [0, 0.1) is 0 Å². The van der Waals surface area contributed by atoms with Crippen LogP contribution in [-0.4, -0.2) is 45.8 Å². The summed E-state index contributed by atoms with van der Waals surface area (Å²) in [6.45, 7) is -0.381. The fourth-order valence-corrected chi connectivity index (χ4v) is 0.755. The summed E-state index contributed by atoms with van der Waals surface area (Å²) in [5, 5.41) is 17.6. The van der Waals surface area contributed by atoms with E-state index < -0.39 is 24.0 Å². The predicted octanol–water partition coefficient (Wildman–Crippen LogP) is 0.529. The molecule has 0 saturated carbocycles. The number of carbonyl (C=O) groups is 3. The minimum atomic E-state index is -5.08. The number of alkyl halides is 3. The van der Waals surface area contributed by atoms with E-state index in [1.807, 2.05) is 0 Å². The van der Waals surface area contributed by atoms with Crippen LogP contribution in [0.4, 0.5) is 13.2 Å². The summed E-state index contributed by atoms with van der Waals surface area (Å²) >= 11 is 0. The van der Waals surface area contributed by atoms with Gasteiger partial charge in [-0.1, -0.05) is 0 Å². The van der Waals surface area contributed by atoms with Gasteiger partial charge >= 0.3 is 18.1 Å². The second-order valence-corrected chi connectivity index (χ2v) is 3.12. The molecule has 0 saturated heterocycles. The highest BCUT2D eigenvalue weighted by molar-refractivity contribution is 5.95. The van der Waals surface area contributed by atoms with Crippen molar-refractivity contribution in [2.24, 2.45) is 0 Å². The minimum Gasteiger partial charge on any atom is -0.480 e. The normalized spacial score (nSPS) is 9.95. The quantitative estimate of drug-likeness (QED) is 0.748. The standard InChI is InChI=1S/C8H8N2O3.C2HF3O2/c11-7(12)5-10-8(13)6-2-1-3-9-4-6;3-2(4,5)1(6)7/h1-4H,5H2,(H,10,13)(H,11,12);(H,6,7). The largest absolute Gasteiger partial charge is 0.490 e. The molecule has 0 aliphatic heterocycles. The van der Waals surface area contributed by atoms with E-state index in [0.29, 0.717) is 5.56 Å². The highest BCUT2D eigenvalue weighted by atomic mass is 19.4. The molecular weight excluding hydrogens is 285 g/mol. The van der Waals surface area contributed by atoms with Gasteiger partial charge in [-0.25, -0.2) is 4.79 Å². The smallest absolute Gasteiger partial charge is 0.480 e. The molecule has 0 aromatic carbocycles. The van der Waals surface area contributed by atoms with Gasteiger partial charge in [0, 0.05) is 12.4 Å². The molecule has 20 heavy (non-hydrogen) atoms. The Bertz CT molecular complexity index is 476. The zero-order chi connectivity index (χ0) is 15.8. The van der Waals surface area contributed by atoms with Gasteiger partial charge in [0.1, 0.15) is 6.54 Å². The number of carboxylic acid groups (broad SMARTS) is 2. The Kier molecular flexibility index (Phi) is 6.69. The van der Waals surface area contributed by atoms with Gasteiger partial charge in [0.15, 0.2) is 0 Å². The van der Waals surface area contributed by atoms with Crippen LogP contribution >= 0.6 is 0 Å². The van der Waals surface area contributed by atoms with Gasteiger partial charge in [0.05, 0.1) is 5.56 Å². The van der Waals surface area contributed by atoms with E-state index in [4.69, 9.17) is 15.0 Å². The molecule has 0 bridgehead atoms. The van der Waals surface area contributed by atoms with Crippen molar-refractivity contribution in [1.82, 2.24) is 10.3 Å². The van der Waals surface area contributed by atoms with Gasteiger partial charge < -0.3 is 15.5 Å². The summed E-state index contributed by atoms with van der Waals surface area (Å²) in [5.74, 6) is -4.26. The maximum absolute atomic E-state index is 11.1. The van der Waals surface area contributed by atoms with Crippen LogP contribution < -0.4 is 5.32 Å². The van der Waals surface area contributed by atoms with Crippen LogP contribution in [-0.2, 0) is 9.59 Å². The lowest BCUT2D eigenvalue weighted by atomic mass is 10.3. The molecule has 0 aliphatic carbocycles. The molecule has 0 unspecified atom stereocenters. The van der Waals surface area contributed by atoms with Crippen molar-refractivity contribution >= 4 is 17.8 Å². The molecule has 0 fully saturated rings. The van der Waals surface area contributed by atoms with Crippen LogP contribution in [0.15, 0.2) is 24.5 Å². The highest BCUT2D eigenvalue weighted by Gasteiger charge is 2.38. The Labute approximate surface area is 110 Å². The molecule has 1 heterocycles. The summed E-state index contributed by atoms with van der Waals surface area (Å²) in [6, 6.07) is 3.17. The molecule has 0 spiro atoms. The fourth-order valence-electron chi connectivity index (χ4n) is 0.755. The van der Waals surface area contributed by atoms with Crippen molar-refractivity contribution < 1.29 is 37.8 Å². The highest BCUT2D eigenvalue weighted by Crippen LogP contribution is 2.13. The average molecular weight is 294 g/mol. The topological polar surface area (TPSA) is 117 Å². The summed E-state index contributed by atoms with van der Waals surface area (Å²) in [7, 11) is 0. The molecule has 1 rings (SSSR count). The third kappa shape index (κ3) is 7.63. The van der Waals surface area contributed by atoms with Gasteiger partial charge in [-0.05, 0) is 12.1 Å². The monoisotopic (exact) mass is 294 g/mol. The number of halogens is 3. The summed E-state index contributed by atoms with van der Waals surface area (Å²) in [5.41, 5.74) is 0.351. The van der Waals surface area contributed by atoms with Crippen molar-refractivity contribution in [3.8, 4) is 0 Å². The molecule has 1 aromatic rings. The molecule has 10 heteroatoms. The lowest BCUT2D eigenvalue weighted by Gasteiger charge is -2.00. The Morgan fingerprint density at radius 3 is 2.15 bits per heavy atom. The molecule has 110 valence electrons. The first-order valence-electron chi connectivity index (χ1n) is 4.84. The van der Waals surface area contributed by atoms with Gasteiger partial charge in [0.2, 0.25) is 0 Å². The number of amides is 1. The van der Waals surface area contributed by atoms with Crippen molar-refractivity contribution in [3.63, 3.8) is 0 Å². The minimum absolute atomic E-state index is 0.351. The van der Waals surface area contributed by atoms with Crippen LogP contribution in [0.5, 0.6) is 0 Å². The third-order valence-corrected chi connectivity index (χ3v) is 1.57. The number of hydrogen-bond acceptors (Lipinski definition) is 4. The van der Waals surface area contributed by atoms with E-state index in [2.05, 4.69) is 10.3 Å². The number of rotatable bonds is 3. The number of carbonyl (C=O) groups excluding carboxylic acids is 1. The molecular formula is C10H9F3N2O5. The first-order valence-corrected chi connectivity index (χ1v) is 4.84. The maximum atomic E-state index is 11.1. The zero-order valence-corrected chi connectivity index (χ0v) is 9.72. The van der Waals surface area contributed by atoms with E-state index in [9.17, 15) is 22.8 Å². The predicted molar refractivity (Wildman–Crippen MR) is 57.9 cm³/mol. The molecule has 3 N–H and O–H groups in total. The number of aromatic nitrogens is 1. The van der Waals surface area contributed by atoms with E-state index >= 15 is 0 Å². The number of nitrogens with zero attached hydrogens (tertiary/aromatic N) is 1. The summed E-state index contributed by atoms with van der Waals surface area (Å²) < 4.78 is 31.7. The van der Waals surface area contributed by atoms with Gasteiger partial charge in [0.25, 0.3) is 5.91 Å². The summed E-state index contributed by atoms with van der Waals surface area (Å²) in [6.07, 6.45) is -2.18. The molecule has 0 aliphatic rings. The lowest BCUT2D eigenvalue weighted by molar-refractivity contribution is -0.192. The van der Waals surface area contributed by atoms with Crippen LogP contribution in [0.2, 0.25) is 0 Å². The lowest BCUT2D eigenvalue weighted by Crippen LogP contribution is -2.29. The first-order chi connectivity index (χ1) is 9.14. The van der Waals surface area contributed by atoms with Crippen molar-refractivity contribution in [2.75, 3.05) is 6.54 Å². The Balaban J connectivity index is 0.000000441. The first kappa shape index (κ1) is 17.4. The van der Waals surface area contributed by atoms with Crippen LogP contribution in [0.3, 0.4) is 0 Å². The van der Waals surface area contributed by atoms with Gasteiger partial charge in [-0.3, -0.25) is 14.6 Å². The maximum Gasteiger partial charge on any atom is 0.490 e. The van der Waals surface area contributed by atoms with Gasteiger partial charge in [-0.15, -0.1) is 0 Å². The van der Waals surface area contributed by atoms with Crippen LogP contribution in [0.1, 0.15) is 10.4 Å². The second kappa shape index (κ2) is 7.71. The number of pyridine rings is 1. The number of aliphatic carboxylic acids is 2. The van der Waals surface area contributed by atoms with Crippen molar-refractivity contribution in [2.45, 2.75) is 6.18 Å². The van der Waals surface area contributed by atoms with E-state index in [0.717, 1.165) is 0 Å². The van der Waals surface area contributed by atoms with Crippen molar-refractivity contribution in [1.29, 1.82) is 0 Å². The molecule has 0 atom stereocenters. The number of carboxylic acids is 2. The van der Waals surface area contributed by atoms with Crippen molar-refractivity contribution in [3.05, 3.63) is 30.1 Å². The van der Waals surface area contributed by atoms with E-state index in [1.165, 1.54) is 12.4 Å². The van der Waals surface area contributed by atoms with E-state index in [-0.39, 0.29) is 6.54 Å². The van der Waals surface area contributed by atoms with Gasteiger partial charge in [-0.2, -0.15) is 13.2 Å². The van der Waals surface area contributed by atoms with E-state index in [1.54, 1.807) is 12.1 Å². The zero-order valence-electron chi connectivity index (χ0n) is 9.72.